The maximum atomic E-state index is 4.75. The second-order valence-corrected chi connectivity index (χ2v) is 7.89. The zero-order valence-electron chi connectivity index (χ0n) is 14.7. The van der Waals surface area contributed by atoms with E-state index in [0.717, 1.165) is 25.6 Å². The summed E-state index contributed by atoms with van der Waals surface area (Å²) in [5.74, 6) is 1.18. The van der Waals surface area contributed by atoms with Gasteiger partial charge in [-0.05, 0) is 43.5 Å². The Morgan fingerprint density at radius 3 is 2.64 bits per heavy atom. The van der Waals surface area contributed by atoms with Crippen LogP contribution in [0.15, 0.2) is 60.4 Å². The van der Waals surface area contributed by atoms with Crippen molar-refractivity contribution in [2.75, 3.05) is 31.6 Å². The molecule has 0 aromatic carbocycles. The van der Waals surface area contributed by atoms with Crippen molar-refractivity contribution in [2.45, 2.75) is 12.8 Å². The van der Waals surface area contributed by atoms with E-state index in [1.807, 2.05) is 18.4 Å². The topological polar surface area (TPSA) is 28.2 Å². The summed E-state index contributed by atoms with van der Waals surface area (Å²) in [6, 6.07) is 0. The summed E-state index contributed by atoms with van der Waals surface area (Å²) >= 11 is 1.83. The number of allylic oxidation sites excluding steroid dienone is 10. The summed E-state index contributed by atoms with van der Waals surface area (Å²) in [5.41, 5.74) is 2.68. The predicted molar refractivity (Wildman–Crippen MR) is 108 cm³/mol. The van der Waals surface area contributed by atoms with Gasteiger partial charge in [-0.1, -0.05) is 59.9 Å². The first-order chi connectivity index (χ1) is 12.3. The van der Waals surface area contributed by atoms with E-state index in [0.29, 0.717) is 5.92 Å². The molecule has 1 aromatic heterocycles. The SMILES string of the molecule is CNCC1CCN(c2ncc(C3=C4C=CC=CC4C=CC=C3)s2)CC1. The molecule has 0 bridgehead atoms. The second-order valence-electron chi connectivity index (χ2n) is 6.88. The van der Waals surface area contributed by atoms with Crippen LogP contribution < -0.4 is 10.2 Å². The molecule has 3 aliphatic rings. The summed E-state index contributed by atoms with van der Waals surface area (Å²) in [4.78, 5) is 8.48. The van der Waals surface area contributed by atoms with E-state index >= 15 is 0 Å². The minimum Gasteiger partial charge on any atom is -0.348 e. The molecule has 1 unspecified atom stereocenters. The number of fused-ring (bicyclic) bond motifs is 1. The fourth-order valence-corrected chi connectivity index (χ4v) is 4.82. The minimum atomic E-state index is 0.373. The van der Waals surface area contributed by atoms with Gasteiger partial charge in [0.05, 0.1) is 4.88 Å². The first kappa shape index (κ1) is 16.6. The Labute approximate surface area is 154 Å². The van der Waals surface area contributed by atoms with Crippen LogP contribution in [0.5, 0.6) is 0 Å². The van der Waals surface area contributed by atoms with Crippen LogP contribution in [0, 0.1) is 11.8 Å². The highest BCUT2D eigenvalue weighted by molar-refractivity contribution is 7.16. The van der Waals surface area contributed by atoms with Gasteiger partial charge < -0.3 is 10.2 Å². The van der Waals surface area contributed by atoms with Crippen LogP contribution in [0.1, 0.15) is 17.7 Å². The van der Waals surface area contributed by atoms with Gasteiger partial charge in [-0.25, -0.2) is 4.98 Å². The van der Waals surface area contributed by atoms with Crippen molar-refractivity contribution in [3.63, 3.8) is 0 Å². The number of nitrogens with zero attached hydrogens (tertiary/aromatic N) is 2. The number of anilines is 1. The van der Waals surface area contributed by atoms with Crippen molar-refractivity contribution in [3.8, 4) is 0 Å². The molecule has 25 heavy (non-hydrogen) atoms. The monoisotopic (exact) mass is 351 g/mol. The van der Waals surface area contributed by atoms with Crippen LogP contribution in [0.4, 0.5) is 5.13 Å². The van der Waals surface area contributed by atoms with Crippen molar-refractivity contribution in [1.82, 2.24) is 10.3 Å². The Kier molecular flexibility index (Phi) is 4.99. The van der Waals surface area contributed by atoms with Gasteiger partial charge in [0.1, 0.15) is 0 Å². The van der Waals surface area contributed by atoms with Gasteiger partial charge in [0.25, 0.3) is 0 Å². The predicted octanol–water partition coefficient (Wildman–Crippen LogP) is 4.20. The maximum absolute atomic E-state index is 4.75. The lowest BCUT2D eigenvalue weighted by Gasteiger charge is -2.31. The smallest absolute Gasteiger partial charge is 0.185 e. The number of nitrogens with one attached hydrogen (secondary N) is 1. The zero-order valence-corrected chi connectivity index (χ0v) is 15.5. The fourth-order valence-electron chi connectivity index (χ4n) is 3.80. The maximum Gasteiger partial charge on any atom is 0.185 e. The Hall–Kier alpha value is -1.91. The number of hydrogen-bond acceptors (Lipinski definition) is 4. The lowest BCUT2D eigenvalue weighted by molar-refractivity contribution is 0.393. The summed E-state index contributed by atoms with van der Waals surface area (Å²) < 4.78 is 0. The third kappa shape index (κ3) is 3.55. The third-order valence-corrected chi connectivity index (χ3v) is 6.30. The molecule has 1 N–H and O–H groups in total. The van der Waals surface area contributed by atoms with Gasteiger partial charge in [0.15, 0.2) is 5.13 Å². The molecular weight excluding hydrogens is 326 g/mol. The largest absolute Gasteiger partial charge is 0.348 e. The van der Waals surface area contributed by atoms with Crippen LogP contribution >= 0.6 is 11.3 Å². The standard InChI is InChI=1S/C21H25N3S/c1-22-14-16-10-12-24(13-11-16)21-23-15-20(25-21)19-9-5-3-7-17-6-2-4-8-18(17)19/h2-9,15-17,22H,10-14H2,1H3. The zero-order chi connectivity index (χ0) is 17.1. The molecule has 0 radical (unpaired) electrons. The molecule has 1 fully saturated rings. The molecular formula is C21H25N3S. The average molecular weight is 352 g/mol. The Balaban J connectivity index is 1.54. The van der Waals surface area contributed by atoms with Gasteiger partial charge in [-0.15, -0.1) is 0 Å². The average Bonchev–Trinajstić information content (AvgIpc) is 3.03. The van der Waals surface area contributed by atoms with Gasteiger partial charge >= 0.3 is 0 Å². The van der Waals surface area contributed by atoms with E-state index in [9.17, 15) is 0 Å². The number of aromatic nitrogens is 1. The number of piperidine rings is 1. The van der Waals surface area contributed by atoms with E-state index in [-0.39, 0.29) is 0 Å². The highest BCUT2D eigenvalue weighted by atomic mass is 32.1. The lowest BCUT2D eigenvalue weighted by atomic mass is 9.90. The minimum absolute atomic E-state index is 0.373. The first-order valence-electron chi connectivity index (χ1n) is 9.15. The molecule has 3 nitrogen and oxygen atoms in total. The number of rotatable bonds is 4. The number of thiazole rings is 1. The van der Waals surface area contributed by atoms with E-state index in [1.165, 1.54) is 34.0 Å². The molecule has 0 amide bonds. The third-order valence-electron chi connectivity index (χ3n) is 5.20. The molecule has 4 heteroatoms. The van der Waals surface area contributed by atoms with Gasteiger partial charge in [-0.2, -0.15) is 0 Å². The van der Waals surface area contributed by atoms with Crippen molar-refractivity contribution >= 4 is 22.0 Å². The molecule has 2 aliphatic carbocycles. The van der Waals surface area contributed by atoms with E-state index in [2.05, 4.69) is 65.0 Å². The molecule has 130 valence electrons. The summed E-state index contributed by atoms with van der Waals surface area (Å²) in [6.07, 6.45) is 22.1. The highest BCUT2D eigenvalue weighted by Crippen LogP contribution is 2.37. The summed E-state index contributed by atoms with van der Waals surface area (Å²) in [6.45, 7) is 3.37. The van der Waals surface area contributed by atoms with E-state index in [4.69, 9.17) is 4.98 Å². The fraction of sp³-hybridized carbons (Fsp3) is 0.381. The van der Waals surface area contributed by atoms with Gasteiger partial charge in [-0.3, -0.25) is 0 Å². The van der Waals surface area contributed by atoms with Crippen molar-refractivity contribution in [2.24, 2.45) is 11.8 Å². The van der Waals surface area contributed by atoms with Crippen molar-refractivity contribution in [1.29, 1.82) is 0 Å². The van der Waals surface area contributed by atoms with E-state index in [1.54, 1.807) is 0 Å². The molecule has 0 spiro atoms. The quantitative estimate of drug-likeness (QED) is 0.881. The van der Waals surface area contributed by atoms with E-state index < -0.39 is 0 Å². The molecule has 1 aromatic rings. The van der Waals surface area contributed by atoms with Crippen LogP contribution in [-0.2, 0) is 0 Å². The summed E-state index contributed by atoms with van der Waals surface area (Å²) in [5, 5.41) is 4.48. The van der Waals surface area contributed by atoms with Crippen molar-refractivity contribution < 1.29 is 0 Å². The molecule has 2 heterocycles. The Morgan fingerprint density at radius 1 is 1.12 bits per heavy atom. The highest BCUT2D eigenvalue weighted by Gasteiger charge is 2.22. The van der Waals surface area contributed by atoms with Crippen LogP contribution in [0.25, 0.3) is 5.57 Å². The first-order valence-corrected chi connectivity index (χ1v) is 9.96. The normalized spacial score (nSPS) is 23.2. The molecule has 1 aliphatic heterocycles. The lowest BCUT2D eigenvalue weighted by Crippen LogP contribution is -2.36. The Bertz CT molecular complexity index is 758. The Morgan fingerprint density at radius 2 is 1.88 bits per heavy atom. The van der Waals surface area contributed by atoms with Gasteiger partial charge in [0, 0.05) is 25.2 Å². The number of hydrogen-bond donors (Lipinski definition) is 1. The molecule has 0 saturated carbocycles. The van der Waals surface area contributed by atoms with Crippen LogP contribution in [-0.4, -0.2) is 31.7 Å². The summed E-state index contributed by atoms with van der Waals surface area (Å²) in [7, 11) is 2.05. The van der Waals surface area contributed by atoms with Crippen LogP contribution in [0.2, 0.25) is 0 Å². The molecule has 1 atom stereocenters. The molecule has 4 rings (SSSR count). The molecule has 1 saturated heterocycles. The van der Waals surface area contributed by atoms with Crippen molar-refractivity contribution in [3.05, 3.63) is 65.3 Å². The van der Waals surface area contributed by atoms with Gasteiger partial charge in [0.2, 0.25) is 0 Å². The van der Waals surface area contributed by atoms with Crippen LogP contribution in [0.3, 0.4) is 0 Å². The second kappa shape index (κ2) is 7.54.